The van der Waals surface area contributed by atoms with Gasteiger partial charge in [0.2, 0.25) is 0 Å². The topological polar surface area (TPSA) is 38.9 Å². The first kappa shape index (κ1) is 10.00. The summed E-state index contributed by atoms with van der Waals surface area (Å²) in [5.74, 6) is 0. The highest BCUT2D eigenvalue weighted by Gasteiger charge is 2.33. The van der Waals surface area contributed by atoms with Crippen molar-refractivity contribution >= 4 is 11.3 Å². The second-order valence-electron chi connectivity index (χ2n) is 4.64. The van der Waals surface area contributed by atoms with Crippen molar-refractivity contribution < 1.29 is 0 Å². The summed E-state index contributed by atoms with van der Waals surface area (Å²) in [5, 5.41) is 2.09. The van der Waals surface area contributed by atoms with Gasteiger partial charge in [-0.2, -0.15) is 0 Å². The Morgan fingerprint density at radius 2 is 1.94 bits per heavy atom. The van der Waals surface area contributed by atoms with Gasteiger partial charge in [0.1, 0.15) is 0 Å². The van der Waals surface area contributed by atoms with Crippen LogP contribution < -0.4 is 5.73 Å². The molecule has 0 amide bonds. The minimum Gasteiger partial charge on any atom is -0.324 e. The van der Waals surface area contributed by atoms with Gasteiger partial charge in [0, 0.05) is 17.3 Å². The van der Waals surface area contributed by atoms with E-state index in [-0.39, 0.29) is 5.54 Å². The first-order valence-corrected chi connectivity index (χ1v) is 6.42. The van der Waals surface area contributed by atoms with E-state index < -0.39 is 0 Å². The molecule has 16 heavy (non-hydrogen) atoms. The van der Waals surface area contributed by atoms with Crippen LogP contribution in [0.15, 0.2) is 35.2 Å². The van der Waals surface area contributed by atoms with E-state index in [1.54, 1.807) is 11.3 Å². The Hall–Kier alpha value is -1.19. The van der Waals surface area contributed by atoms with E-state index in [0.717, 1.165) is 25.0 Å². The molecule has 1 aromatic carbocycles. The predicted octanol–water partition coefficient (Wildman–Crippen LogP) is 2.18. The Morgan fingerprint density at radius 3 is 2.50 bits per heavy atom. The van der Waals surface area contributed by atoms with E-state index in [1.807, 2.05) is 5.51 Å². The van der Waals surface area contributed by atoms with E-state index >= 15 is 0 Å². The third-order valence-electron chi connectivity index (χ3n) is 3.22. The van der Waals surface area contributed by atoms with Crippen LogP contribution in [0.3, 0.4) is 0 Å². The molecule has 0 saturated carbocycles. The van der Waals surface area contributed by atoms with Crippen LogP contribution in [0.25, 0.3) is 0 Å². The van der Waals surface area contributed by atoms with E-state index in [1.165, 1.54) is 11.1 Å². The second-order valence-corrected chi connectivity index (χ2v) is 5.36. The Bertz CT molecular complexity index is 460. The molecule has 1 aromatic heterocycles. The van der Waals surface area contributed by atoms with Gasteiger partial charge in [-0.1, -0.05) is 24.3 Å². The maximum Gasteiger partial charge on any atom is 0.0794 e. The SMILES string of the molecule is NC1(Cc2cscn2)Cc2ccccc2C1. The lowest BCUT2D eigenvalue weighted by molar-refractivity contribution is 0.442. The molecule has 1 heterocycles. The number of nitrogens with zero attached hydrogens (tertiary/aromatic N) is 1. The summed E-state index contributed by atoms with van der Waals surface area (Å²) in [6.45, 7) is 0. The summed E-state index contributed by atoms with van der Waals surface area (Å²) in [4.78, 5) is 4.33. The second kappa shape index (κ2) is 3.68. The molecule has 0 unspecified atom stereocenters. The lowest BCUT2D eigenvalue weighted by Gasteiger charge is -2.22. The number of fused-ring (bicyclic) bond motifs is 1. The van der Waals surface area contributed by atoms with Crippen LogP contribution in [0.2, 0.25) is 0 Å². The van der Waals surface area contributed by atoms with Crippen molar-refractivity contribution in [2.75, 3.05) is 0 Å². The first-order chi connectivity index (χ1) is 7.75. The normalized spacial score (nSPS) is 17.3. The van der Waals surface area contributed by atoms with Gasteiger partial charge in [-0.3, -0.25) is 0 Å². The fourth-order valence-electron chi connectivity index (χ4n) is 2.53. The van der Waals surface area contributed by atoms with E-state index in [4.69, 9.17) is 5.73 Å². The number of rotatable bonds is 2. The quantitative estimate of drug-likeness (QED) is 0.859. The Labute approximate surface area is 99.1 Å². The summed E-state index contributed by atoms with van der Waals surface area (Å²) in [6, 6.07) is 8.55. The molecule has 3 rings (SSSR count). The average molecular weight is 230 g/mol. The van der Waals surface area contributed by atoms with Crippen molar-refractivity contribution in [1.29, 1.82) is 0 Å². The zero-order chi connectivity index (χ0) is 11.0. The molecular formula is C13H14N2S. The molecule has 0 fully saturated rings. The maximum atomic E-state index is 6.47. The molecule has 0 saturated heterocycles. The monoisotopic (exact) mass is 230 g/mol. The summed E-state index contributed by atoms with van der Waals surface area (Å²) in [6.07, 6.45) is 2.83. The van der Waals surface area contributed by atoms with E-state index in [9.17, 15) is 0 Å². The fourth-order valence-corrected chi connectivity index (χ4v) is 3.09. The van der Waals surface area contributed by atoms with Crippen LogP contribution in [0, 0.1) is 0 Å². The fraction of sp³-hybridized carbons (Fsp3) is 0.308. The third-order valence-corrected chi connectivity index (χ3v) is 3.86. The van der Waals surface area contributed by atoms with Crippen LogP contribution in [0.1, 0.15) is 16.8 Å². The zero-order valence-corrected chi connectivity index (χ0v) is 9.83. The zero-order valence-electron chi connectivity index (χ0n) is 9.02. The number of thiazole rings is 1. The first-order valence-electron chi connectivity index (χ1n) is 5.48. The van der Waals surface area contributed by atoms with Gasteiger partial charge in [0.05, 0.1) is 11.2 Å². The molecule has 1 aliphatic carbocycles. The van der Waals surface area contributed by atoms with Crippen molar-refractivity contribution in [2.45, 2.75) is 24.8 Å². The Balaban J connectivity index is 1.83. The van der Waals surface area contributed by atoms with Gasteiger partial charge in [-0.25, -0.2) is 4.98 Å². The molecule has 2 N–H and O–H groups in total. The van der Waals surface area contributed by atoms with Crippen molar-refractivity contribution in [3.8, 4) is 0 Å². The number of aromatic nitrogens is 1. The molecule has 0 spiro atoms. The molecule has 2 aromatic rings. The van der Waals surface area contributed by atoms with Crippen molar-refractivity contribution in [3.63, 3.8) is 0 Å². The van der Waals surface area contributed by atoms with Gasteiger partial charge in [-0.05, 0) is 24.0 Å². The lowest BCUT2D eigenvalue weighted by atomic mass is 9.92. The molecule has 1 aliphatic rings. The molecule has 0 bridgehead atoms. The minimum atomic E-state index is -0.127. The smallest absolute Gasteiger partial charge is 0.0794 e. The summed E-state index contributed by atoms with van der Waals surface area (Å²) >= 11 is 1.64. The average Bonchev–Trinajstić information content (AvgIpc) is 2.83. The van der Waals surface area contributed by atoms with Crippen molar-refractivity contribution in [2.24, 2.45) is 5.73 Å². The van der Waals surface area contributed by atoms with E-state index in [0.29, 0.717) is 0 Å². The summed E-state index contributed by atoms with van der Waals surface area (Å²) in [7, 11) is 0. The van der Waals surface area contributed by atoms with Gasteiger partial charge in [0.15, 0.2) is 0 Å². The lowest BCUT2D eigenvalue weighted by Crippen LogP contribution is -2.43. The standard InChI is InChI=1S/C13H14N2S/c14-13(7-12-8-16-9-15-12)5-10-3-1-2-4-11(10)6-13/h1-4,8-9H,5-7,14H2. The molecule has 0 atom stereocenters. The van der Waals surface area contributed by atoms with Crippen LogP contribution in [0.4, 0.5) is 0 Å². The molecule has 0 radical (unpaired) electrons. The highest BCUT2D eigenvalue weighted by atomic mass is 32.1. The minimum absolute atomic E-state index is 0.127. The van der Waals surface area contributed by atoms with Gasteiger partial charge < -0.3 is 5.73 Å². The van der Waals surface area contributed by atoms with Crippen molar-refractivity contribution in [1.82, 2.24) is 4.98 Å². The summed E-state index contributed by atoms with van der Waals surface area (Å²) < 4.78 is 0. The van der Waals surface area contributed by atoms with Gasteiger partial charge in [-0.15, -0.1) is 11.3 Å². The molecule has 82 valence electrons. The Morgan fingerprint density at radius 1 is 1.25 bits per heavy atom. The highest BCUT2D eigenvalue weighted by molar-refractivity contribution is 7.07. The third kappa shape index (κ3) is 1.77. The predicted molar refractivity (Wildman–Crippen MR) is 66.6 cm³/mol. The van der Waals surface area contributed by atoms with E-state index in [2.05, 4.69) is 34.6 Å². The van der Waals surface area contributed by atoms with Crippen LogP contribution in [-0.4, -0.2) is 10.5 Å². The number of hydrogen-bond acceptors (Lipinski definition) is 3. The highest BCUT2D eigenvalue weighted by Crippen LogP contribution is 2.30. The van der Waals surface area contributed by atoms with Crippen LogP contribution in [-0.2, 0) is 19.3 Å². The number of nitrogens with two attached hydrogens (primary N) is 1. The maximum absolute atomic E-state index is 6.47. The van der Waals surface area contributed by atoms with Crippen LogP contribution in [0.5, 0.6) is 0 Å². The molecule has 0 aliphatic heterocycles. The Kier molecular flexibility index (Phi) is 2.30. The largest absolute Gasteiger partial charge is 0.324 e. The van der Waals surface area contributed by atoms with Crippen molar-refractivity contribution in [3.05, 3.63) is 52.0 Å². The van der Waals surface area contributed by atoms with Gasteiger partial charge in [0.25, 0.3) is 0 Å². The number of hydrogen-bond donors (Lipinski definition) is 1. The molecule has 2 nitrogen and oxygen atoms in total. The molecule has 3 heteroatoms. The molecular weight excluding hydrogens is 216 g/mol. The number of benzene rings is 1. The van der Waals surface area contributed by atoms with Crippen LogP contribution >= 0.6 is 11.3 Å². The summed E-state index contributed by atoms with van der Waals surface area (Å²) in [5.41, 5.74) is 12.1. The van der Waals surface area contributed by atoms with Gasteiger partial charge >= 0.3 is 0 Å².